The molecule has 1 saturated carbocycles. The lowest BCUT2D eigenvalue weighted by molar-refractivity contribution is 0.0975. The highest BCUT2D eigenvalue weighted by Gasteiger charge is 2.48. The molecule has 1 fully saturated rings. The molecule has 76 valence electrons. The van der Waals surface area contributed by atoms with Crippen LogP contribution in [0, 0.1) is 5.41 Å². The number of aliphatic hydroxyl groups excluding tert-OH is 1. The van der Waals surface area contributed by atoms with Gasteiger partial charge in [-0.3, -0.25) is 0 Å². The number of hydrogen-bond acceptors (Lipinski definition) is 3. The van der Waals surface area contributed by atoms with Crippen LogP contribution < -0.4 is 5.73 Å². The Labute approximate surface area is 83.2 Å². The van der Waals surface area contributed by atoms with Crippen molar-refractivity contribution in [1.29, 1.82) is 0 Å². The first kappa shape index (κ1) is 9.49. The van der Waals surface area contributed by atoms with Crippen LogP contribution in [-0.4, -0.2) is 16.8 Å². The van der Waals surface area contributed by atoms with Gasteiger partial charge in [0.05, 0.1) is 6.10 Å². The van der Waals surface area contributed by atoms with Crippen molar-refractivity contribution in [1.82, 2.24) is 0 Å². The standard InChI is InChI=1S/C11H15NO2/c12-7-11(5-6-11)10(14)8-1-3-9(13)4-2-8/h1-4,10,13-14H,5-7,12H2. The predicted molar refractivity (Wildman–Crippen MR) is 53.8 cm³/mol. The second-order valence-corrected chi connectivity index (χ2v) is 4.06. The van der Waals surface area contributed by atoms with Gasteiger partial charge in [0, 0.05) is 12.0 Å². The van der Waals surface area contributed by atoms with Crippen LogP contribution in [0.25, 0.3) is 0 Å². The van der Waals surface area contributed by atoms with Gasteiger partial charge in [0.15, 0.2) is 0 Å². The third-order valence-corrected chi connectivity index (χ3v) is 3.09. The summed E-state index contributed by atoms with van der Waals surface area (Å²) in [5, 5.41) is 19.1. The molecule has 4 N–H and O–H groups in total. The fraction of sp³-hybridized carbons (Fsp3) is 0.455. The molecule has 0 saturated heterocycles. The molecule has 1 aliphatic carbocycles. The van der Waals surface area contributed by atoms with E-state index < -0.39 is 6.10 Å². The molecular formula is C11H15NO2. The molecular weight excluding hydrogens is 178 g/mol. The van der Waals surface area contributed by atoms with Crippen LogP contribution in [0.1, 0.15) is 24.5 Å². The van der Waals surface area contributed by atoms with Gasteiger partial charge in [0.1, 0.15) is 5.75 Å². The quantitative estimate of drug-likeness (QED) is 0.675. The summed E-state index contributed by atoms with van der Waals surface area (Å²) < 4.78 is 0. The molecule has 0 amide bonds. The second-order valence-electron chi connectivity index (χ2n) is 4.06. The largest absolute Gasteiger partial charge is 0.508 e. The number of phenolic OH excluding ortho intramolecular Hbond substituents is 1. The van der Waals surface area contributed by atoms with Gasteiger partial charge in [-0.15, -0.1) is 0 Å². The average Bonchev–Trinajstić information content (AvgIpc) is 2.99. The molecule has 0 heterocycles. The van der Waals surface area contributed by atoms with Crippen LogP contribution in [-0.2, 0) is 0 Å². The minimum absolute atomic E-state index is 0.100. The Morgan fingerprint density at radius 2 is 1.86 bits per heavy atom. The number of hydrogen-bond donors (Lipinski definition) is 3. The van der Waals surface area contributed by atoms with Crippen molar-refractivity contribution in [2.45, 2.75) is 18.9 Å². The zero-order valence-electron chi connectivity index (χ0n) is 7.98. The highest BCUT2D eigenvalue weighted by atomic mass is 16.3. The smallest absolute Gasteiger partial charge is 0.115 e. The number of nitrogens with two attached hydrogens (primary N) is 1. The number of phenols is 1. The lowest BCUT2D eigenvalue weighted by atomic mass is 9.93. The average molecular weight is 193 g/mol. The van der Waals surface area contributed by atoms with Crippen molar-refractivity contribution in [2.24, 2.45) is 11.1 Å². The molecule has 3 heteroatoms. The van der Waals surface area contributed by atoms with E-state index in [9.17, 15) is 5.11 Å². The van der Waals surface area contributed by atoms with Crippen molar-refractivity contribution in [2.75, 3.05) is 6.54 Å². The van der Waals surface area contributed by atoms with Crippen LogP contribution in [0.3, 0.4) is 0 Å². The van der Waals surface area contributed by atoms with E-state index in [1.165, 1.54) is 0 Å². The maximum atomic E-state index is 10.0. The molecule has 1 atom stereocenters. The molecule has 2 rings (SSSR count). The normalized spacial score (nSPS) is 20.4. The van der Waals surface area contributed by atoms with Crippen molar-refractivity contribution in [3.05, 3.63) is 29.8 Å². The van der Waals surface area contributed by atoms with E-state index in [-0.39, 0.29) is 11.2 Å². The van der Waals surface area contributed by atoms with Crippen LogP contribution >= 0.6 is 0 Å². The Balaban J connectivity index is 2.19. The maximum Gasteiger partial charge on any atom is 0.115 e. The van der Waals surface area contributed by atoms with Gasteiger partial charge in [0.2, 0.25) is 0 Å². The lowest BCUT2D eigenvalue weighted by Gasteiger charge is -2.20. The molecule has 3 nitrogen and oxygen atoms in total. The van der Waals surface area contributed by atoms with Crippen molar-refractivity contribution in [3.8, 4) is 5.75 Å². The third kappa shape index (κ3) is 1.49. The van der Waals surface area contributed by atoms with Crippen LogP contribution in [0.4, 0.5) is 0 Å². The van der Waals surface area contributed by atoms with Gasteiger partial charge in [0.25, 0.3) is 0 Å². The molecule has 0 aromatic heterocycles. The zero-order chi connectivity index (χ0) is 10.2. The molecule has 1 aromatic rings. The predicted octanol–water partition coefficient (Wildman–Crippen LogP) is 1.16. The monoisotopic (exact) mass is 193 g/mol. The van der Waals surface area contributed by atoms with E-state index in [1.54, 1.807) is 24.3 Å². The molecule has 0 radical (unpaired) electrons. The highest BCUT2D eigenvalue weighted by Crippen LogP contribution is 2.54. The fourth-order valence-electron chi connectivity index (χ4n) is 1.76. The minimum Gasteiger partial charge on any atom is -0.508 e. The highest BCUT2D eigenvalue weighted by molar-refractivity contribution is 5.29. The van der Waals surface area contributed by atoms with E-state index in [4.69, 9.17) is 10.8 Å². The van der Waals surface area contributed by atoms with Gasteiger partial charge in [-0.1, -0.05) is 12.1 Å². The maximum absolute atomic E-state index is 10.0. The van der Waals surface area contributed by atoms with Gasteiger partial charge in [-0.05, 0) is 30.5 Å². The third-order valence-electron chi connectivity index (χ3n) is 3.09. The number of benzene rings is 1. The first-order chi connectivity index (χ1) is 6.68. The molecule has 14 heavy (non-hydrogen) atoms. The Kier molecular flexibility index (Phi) is 2.21. The zero-order valence-corrected chi connectivity index (χ0v) is 7.98. The summed E-state index contributed by atoms with van der Waals surface area (Å²) in [4.78, 5) is 0. The summed E-state index contributed by atoms with van der Waals surface area (Å²) >= 11 is 0. The van der Waals surface area contributed by atoms with Gasteiger partial charge in [-0.25, -0.2) is 0 Å². The number of rotatable bonds is 3. The SMILES string of the molecule is NCC1(C(O)c2ccc(O)cc2)CC1. The summed E-state index contributed by atoms with van der Waals surface area (Å²) in [6.45, 7) is 0.523. The van der Waals surface area contributed by atoms with Crippen molar-refractivity contribution in [3.63, 3.8) is 0 Å². The molecule has 0 spiro atoms. The van der Waals surface area contributed by atoms with E-state index in [1.807, 2.05) is 0 Å². The Morgan fingerprint density at radius 1 is 1.29 bits per heavy atom. The molecule has 0 bridgehead atoms. The summed E-state index contributed by atoms with van der Waals surface area (Å²) in [7, 11) is 0. The topological polar surface area (TPSA) is 66.5 Å². The van der Waals surface area contributed by atoms with E-state index >= 15 is 0 Å². The van der Waals surface area contributed by atoms with Crippen LogP contribution in [0.2, 0.25) is 0 Å². The first-order valence-corrected chi connectivity index (χ1v) is 4.85. The Morgan fingerprint density at radius 3 is 2.29 bits per heavy atom. The summed E-state index contributed by atoms with van der Waals surface area (Å²) in [6, 6.07) is 6.67. The van der Waals surface area contributed by atoms with Gasteiger partial charge in [-0.2, -0.15) is 0 Å². The fourth-order valence-corrected chi connectivity index (χ4v) is 1.76. The number of aromatic hydroxyl groups is 1. The first-order valence-electron chi connectivity index (χ1n) is 4.85. The van der Waals surface area contributed by atoms with E-state index in [2.05, 4.69) is 0 Å². The van der Waals surface area contributed by atoms with Crippen LogP contribution in [0.5, 0.6) is 5.75 Å². The van der Waals surface area contributed by atoms with Crippen molar-refractivity contribution >= 4 is 0 Å². The molecule has 1 aliphatic rings. The summed E-state index contributed by atoms with van der Waals surface area (Å²) in [6.07, 6.45) is 1.49. The molecule has 0 aliphatic heterocycles. The van der Waals surface area contributed by atoms with Gasteiger partial charge >= 0.3 is 0 Å². The lowest BCUT2D eigenvalue weighted by Crippen LogP contribution is -2.23. The van der Waals surface area contributed by atoms with E-state index in [0.29, 0.717) is 6.54 Å². The van der Waals surface area contributed by atoms with Crippen molar-refractivity contribution < 1.29 is 10.2 Å². The van der Waals surface area contributed by atoms with Gasteiger partial charge < -0.3 is 15.9 Å². The Bertz CT molecular complexity index is 317. The second kappa shape index (κ2) is 3.26. The molecule has 1 unspecified atom stereocenters. The molecule has 1 aromatic carbocycles. The number of aliphatic hydroxyl groups is 1. The van der Waals surface area contributed by atoms with E-state index in [0.717, 1.165) is 18.4 Å². The minimum atomic E-state index is -0.493. The summed E-state index contributed by atoms with van der Waals surface area (Å²) in [5.74, 6) is 0.221. The summed E-state index contributed by atoms with van der Waals surface area (Å²) in [5.41, 5.74) is 6.37. The Hall–Kier alpha value is -1.06. The van der Waals surface area contributed by atoms with Crippen LogP contribution in [0.15, 0.2) is 24.3 Å².